The molecular weight excluding hydrogens is 395 g/mol. The Balaban J connectivity index is 0.000000612. The van der Waals surface area contributed by atoms with Crippen LogP contribution in [0.5, 0.6) is 11.5 Å². The fourth-order valence-corrected chi connectivity index (χ4v) is 2.38. The smallest absolute Gasteiger partial charge is 0.416 e. The van der Waals surface area contributed by atoms with Gasteiger partial charge in [-0.25, -0.2) is 9.59 Å². The molecule has 2 rings (SSSR count). The lowest BCUT2D eigenvalue weighted by Gasteiger charge is -2.15. The van der Waals surface area contributed by atoms with E-state index in [0.29, 0.717) is 18.0 Å². The molecule has 0 aromatic heterocycles. The summed E-state index contributed by atoms with van der Waals surface area (Å²) < 4.78 is 49.4. The van der Waals surface area contributed by atoms with Gasteiger partial charge in [0.05, 0.1) is 19.8 Å². The monoisotopic (exact) mass is 415 g/mol. The lowest BCUT2D eigenvalue weighted by Crippen LogP contribution is -2.17. The van der Waals surface area contributed by atoms with Crippen LogP contribution >= 0.6 is 0 Å². The Morgan fingerprint density at radius 3 is 1.97 bits per heavy atom. The summed E-state index contributed by atoms with van der Waals surface area (Å²) >= 11 is 0. The second-order valence-electron chi connectivity index (χ2n) is 5.52. The topological polar surface area (TPSA) is 105 Å². The fourth-order valence-electron chi connectivity index (χ4n) is 2.38. The SMILES string of the molecule is COc1cccc(CNCc2ccccc2C(F)(F)F)c1OC.O=C(O)C(=O)O. The molecule has 0 atom stereocenters. The molecule has 0 heterocycles. The Kier molecular flexibility index (Phi) is 8.94. The molecule has 10 heteroatoms. The van der Waals surface area contributed by atoms with Crippen molar-refractivity contribution in [1.29, 1.82) is 0 Å². The van der Waals surface area contributed by atoms with Gasteiger partial charge in [0.15, 0.2) is 11.5 Å². The maximum atomic E-state index is 13.0. The van der Waals surface area contributed by atoms with E-state index in [1.54, 1.807) is 12.1 Å². The van der Waals surface area contributed by atoms with E-state index >= 15 is 0 Å². The number of carbonyl (C=O) groups is 2. The third-order valence-electron chi connectivity index (χ3n) is 3.62. The van der Waals surface area contributed by atoms with Crippen LogP contribution < -0.4 is 14.8 Å². The molecule has 0 saturated carbocycles. The molecule has 0 unspecified atom stereocenters. The first-order valence-electron chi connectivity index (χ1n) is 8.13. The first kappa shape index (κ1) is 23.8. The summed E-state index contributed by atoms with van der Waals surface area (Å²) in [6.45, 7) is 0.475. The third kappa shape index (κ3) is 7.34. The number of carboxylic acids is 2. The van der Waals surface area contributed by atoms with Crippen molar-refractivity contribution in [2.75, 3.05) is 14.2 Å². The molecule has 0 spiro atoms. The van der Waals surface area contributed by atoms with E-state index in [1.165, 1.54) is 26.4 Å². The molecule has 0 aliphatic heterocycles. The van der Waals surface area contributed by atoms with E-state index < -0.39 is 23.7 Å². The predicted octanol–water partition coefficient (Wildman–Crippen LogP) is 3.17. The second-order valence-corrected chi connectivity index (χ2v) is 5.52. The van der Waals surface area contributed by atoms with Gasteiger partial charge in [0, 0.05) is 18.7 Å². The molecule has 0 aliphatic carbocycles. The van der Waals surface area contributed by atoms with Gasteiger partial charge in [0.2, 0.25) is 0 Å². The third-order valence-corrected chi connectivity index (χ3v) is 3.62. The van der Waals surface area contributed by atoms with Crippen LogP contribution in [0.3, 0.4) is 0 Å². The summed E-state index contributed by atoms with van der Waals surface area (Å²) in [6.07, 6.45) is -4.36. The molecule has 3 N–H and O–H groups in total. The number of halogens is 3. The number of methoxy groups -OCH3 is 2. The lowest BCUT2D eigenvalue weighted by molar-refractivity contribution is -0.159. The number of para-hydroxylation sites is 1. The van der Waals surface area contributed by atoms with Crippen LogP contribution in [-0.2, 0) is 28.9 Å². The Labute approximate surface area is 164 Å². The van der Waals surface area contributed by atoms with Crippen molar-refractivity contribution in [3.8, 4) is 11.5 Å². The van der Waals surface area contributed by atoms with Crippen molar-refractivity contribution in [1.82, 2.24) is 5.32 Å². The van der Waals surface area contributed by atoms with Crippen molar-refractivity contribution in [3.63, 3.8) is 0 Å². The Bertz CT molecular complexity index is 827. The molecule has 0 aliphatic rings. The van der Waals surface area contributed by atoms with E-state index in [-0.39, 0.29) is 12.1 Å². The highest BCUT2D eigenvalue weighted by molar-refractivity contribution is 6.27. The van der Waals surface area contributed by atoms with Crippen molar-refractivity contribution in [3.05, 3.63) is 59.2 Å². The molecule has 0 saturated heterocycles. The zero-order valence-electron chi connectivity index (χ0n) is 15.6. The first-order chi connectivity index (χ1) is 13.6. The summed E-state index contributed by atoms with van der Waals surface area (Å²) in [7, 11) is 3.06. The average Bonchev–Trinajstić information content (AvgIpc) is 2.67. The number of nitrogens with one attached hydrogen (secondary N) is 1. The van der Waals surface area contributed by atoms with Crippen molar-refractivity contribution >= 4 is 11.9 Å². The summed E-state index contributed by atoms with van der Waals surface area (Å²) in [6, 6.07) is 10.9. The first-order valence-corrected chi connectivity index (χ1v) is 8.13. The van der Waals surface area contributed by atoms with E-state index in [0.717, 1.165) is 11.6 Å². The standard InChI is InChI=1S/C17H18F3NO2.C2H2O4/c1-22-15-9-5-7-13(16(15)23-2)11-21-10-12-6-3-4-8-14(12)17(18,19)20;3-1(4)2(5)6/h3-9,21H,10-11H2,1-2H3;(H,3,4)(H,5,6). The number of benzene rings is 2. The molecule has 2 aromatic rings. The molecule has 158 valence electrons. The highest BCUT2D eigenvalue weighted by Gasteiger charge is 2.32. The zero-order valence-corrected chi connectivity index (χ0v) is 15.6. The summed E-state index contributed by atoms with van der Waals surface area (Å²) in [4.78, 5) is 18.2. The van der Waals surface area contributed by atoms with Gasteiger partial charge in [-0.05, 0) is 17.7 Å². The van der Waals surface area contributed by atoms with Gasteiger partial charge in [-0.15, -0.1) is 0 Å². The maximum Gasteiger partial charge on any atom is 0.416 e. The van der Waals surface area contributed by atoms with E-state index in [9.17, 15) is 13.2 Å². The van der Waals surface area contributed by atoms with Crippen LogP contribution in [0.4, 0.5) is 13.2 Å². The van der Waals surface area contributed by atoms with Gasteiger partial charge in [-0.1, -0.05) is 30.3 Å². The average molecular weight is 415 g/mol. The van der Waals surface area contributed by atoms with Gasteiger partial charge in [-0.3, -0.25) is 0 Å². The van der Waals surface area contributed by atoms with E-state index in [4.69, 9.17) is 29.3 Å². The Hall–Kier alpha value is -3.27. The van der Waals surface area contributed by atoms with E-state index in [1.807, 2.05) is 12.1 Å². The number of alkyl halides is 3. The molecule has 7 nitrogen and oxygen atoms in total. The zero-order chi connectivity index (χ0) is 22.0. The number of aliphatic carboxylic acids is 2. The summed E-state index contributed by atoms with van der Waals surface area (Å²) in [5, 5.41) is 17.8. The van der Waals surface area contributed by atoms with Crippen molar-refractivity contribution < 1.29 is 42.4 Å². The Morgan fingerprint density at radius 2 is 1.45 bits per heavy atom. The van der Waals surface area contributed by atoms with E-state index in [2.05, 4.69) is 5.32 Å². The minimum absolute atomic E-state index is 0.107. The molecule has 29 heavy (non-hydrogen) atoms. The molecule has 2 aromatic carbocycles. The fraction of sp³-hybridized carbons (Fsp3) is 0.263. The largest absolute Gasteiger partial charge is 0.493 e. The van der Waals surface area contributed by atoms with Crippen LogP contribution in [0.25, 0.3) is 0 Å². The Morgan fingerprint density at radius 1 is 0.897 bits per heavy atom. The van der Waals surface area contributed by atoms with Crippen molar-refractivity contribution in [2.24, 2.45) is 0 Å². The maximum absolute atomic E-state index is 13.0. The molecule has 0 fully saturated rings. The molecule has 0 bridgehead atoms. The van der Waals surface area contributed by atoms with Crippen LogP contribution in [-0.4, -0.2) is 36.4 Å². The number of carboxylic acid groups (broad SMARTS) is 2. The quantitative estimate of drug-likeness (QED) is 0.623. The normalized spacial score (nSPS) is 10.5. The minimum atomic E-state index is -4.36. The second kappa shape index (κ2) is 10.9. The van der Waals surface area contributed by atoms with Gasteiger partial charge < -0.3 is 25.0 Å². The predicted molar refractivity (Wildman–Crippen MR) is 96.8 cm³/mol. The number of ether oxygens (including phenoxy) is 2. The number of rotatable bonds is 6. The highest BCUT2D eigenvalue weighted by atomic mass is 19.4. The van der Waals surface area contributed by atoms with Crippen molar-refractivity contribution in [2.45, 2.75) is 19.3 Å². The van der Waals surface area contributed by atoms with Gasteiger partial charge >= 0.3 is 18.1 Å². The summed E-state index contributed by atoms with van der Waals surface area (Å²) in [5.74, 6) is -2.49. The minimum Gasteiger partial charge on any atom is -0.493 e. The van der Waals surface area contributed by atoms with Crippen LogP contribution in [0.1, 0.15) is 16.7 Å². The molecule has 0 amide bonds. The van der Waals surface area contributed by atoms with Crippen LogP contribution in [0.15, 0.2) is 42.5 Å². The number of hydrogen-bond donors (Lipinski definition) is 3. The lowest BCUT2D eigenvalue weighted by atomic mass is 10.1. The van der Waals surface area contributed by atoms with Gasteiger partial charge in [-0.2, -0.15) is 13.2 Å². The summed E-state index contributed by atoms with van der Waals surface area (Å²) in [5.41, 5.74) is 0.406. The molecule has 0 radical (unpaired) electrons. The van der Waals surface area contributed by atoms with Gasteiger partial charge in [0.1, 0.15) is 0 Å². The van der Waals surface area contributed by atoms with Gasteiger partial charge in [0.25, 0.3) is 0 Å². The highest BCUT2D eigenvalue weighted by Crippen LogP contribution is 2.32. The molecular formula is C19H20F3NO6. The van der Waals surface area contributed by atoms with Crippen LogP contribution in [0.2, 0.25) is 0 Å². The van der Waals surface area contributed by atoms with Crippen LogP contribution in [0, 0.1) is 0 Å². The number of hydrogen-bond acceptors (Lipinski definition) is 5.